The Labute approximate surface area is 211 Å². The summed E-state index contributed by atoms with van der Waals surface area (Å²) in [6.07, 6.45) is 0.461. The Morgan fingerprint density at radius 2 is 1.31 bits per heavy atom. The number of allylic oxidation sites excluding steroid dienone is 2. The maximum Gasteiger partial charge on any atom is 0.239 e. The zero-order valence-corrected chi connectivity index (χ0v) is 21.0. The molecule has 1 saturated heterocycles. The number of hydrogen-bond acceptors (Lipinski definition) is 3. The summed E-state index contributed by atoms with van der Waals surface area (Å²) in [6.45, 7) is 7.80. The van der Waals surface area contributed by atoms with Gasteiger partial charge in [0.25, 0.3) is 0 Å². The number of Topliss-reactive ketones (excluding diaryl/α,β-unsaturated/α-hetero) is 1. The second kappa shape index (κ2) is 7.60. The fourth-order valence-corrected chi connectivity index (χ4v) is 7.42. The minimum atomic E-state index is -1.09. The first-order valence-corrected chi connectivity index (χ1v) is 12.6. The van der Waals surface area contributed by atoms with Crippen LogP contribution in [-0.2, 0) is 14.4 Å². The van der Waals surface area contributed by atoms with E-state index in [9.17, 15) is 14.4 Å². The van der Waals surface area contributed by atoms with E-state index >= 15 is 0 Å². The van der Waals surface area contributed by atoms with Crippen molar-refractivity contribution in [3.8, 4) is 0 Å². The van der Waals surface area contributed by atoms with Crippen LogP contribution in [-0.4, -0.2) is 17.6 Å². The Kier molecular flexibility index (Phi) is 4.79. The number of ketones is 1. The summed E-state index contributed by atoms with van der Waals surface area (Å²) in [5.74, 6) is -1.94. The van der Waals surface area contributed by atoms with E-state index < -0.39 is 22.7 Å². The largest absolute Gasteiger partial charge is 0.298 e. The van der Waals surface area contributed by atoms with Gasteiger partial charge in [0.2, 0.25) is 11.8 Å². The molecule has 1 heterocycles. The molecule has 0 radical (unpaired) electrons. The summed E-state index contributed by atoms with van der Waals surface area (Å²) in [6, 6.07) is 25.6. The lowest BCUT2D eigenvalue weighted by Gasteiger charge is -2.37. The van der Waals surface area contributed by atoms with Crippen molar-refractivity contribution >= 4 is 34.4 Å². The number of rotatable bonds is 4. The third-order valence-corrected chi connectivity index (χ3v) is 8.83. The molecule has 2 bridgehead atoms. The smallest absolute Gasteiger partial charge is 0.239 e. The van der Waals surface area contributed by atoms with Crippen molar-refractivity contribution in [2.45, 2.75) is 34.1 Å². The highest BCUT2D eigenvalue weighted by Gasteiger charge is 2.79. The Balaban J connectivity index is 1.65. The zero-order chi connectivity index (χ0) is 25.4. The molecule has 3 aromatic carbocycles. The highest BCUT2D eigenvalue weighted by atomic mass is 16.2. The molecule has 6 rings (SSSR count). The Morgan fingerprint density at radius 3 is 1.86 bits per heavy atom. The molecule has 4 heteroatoms. The summed E-state index contributed by atoms with van der Waals surface area (Å²) in [5.41, 5.74) is 4.12. The van der Waals surface area contributed by atoms with Crippen LogP contribution in [0, 0.1) is 36.5 Å². The van der Waals surface area contributed by atoms with Crippen LogP contribution in [0.25, 0.3) is 11.1 Å². The molecule has 4 atom stereocenters. The molecule has 2 aliphatic carbocycles. The van der Waals surface area contributed by atoms with Gasteiger partial charge in [-0.25, -0.2) is 4.90 Å². The fourth-order valence-electron chi connectivity index (χ4n) is 7.42. The second-order valence-electron chi connectivity index (χ2n) is 10.6. The van der Waals surface area contributed by atoms with Crippen LogP contribution in [0.1, 0.15) is 42.5 Å². The van der Waals surface area contributed by atoms with Crippen molar-refractivity contribution in [3.63, 3.8) is 0 Å². The van der Waals surface area contributed by atoms with Crippen LogP contribution in [0.2, 0.25) is 0 Å². The van der Waals surface area contributed by atoms with Gasteiger partial charge in [-0.05, 0) is 61.1 Å². The quantitative estimate of drug-likeness (QED) is 0.434. The third kappa shape index (κ3) is 2.57. The van der Waals surface area contributed by atoms with Crippen LogP contribution in [0.3, 0.4) is 0 Å². The predicted octanol–water partition coefficient (Wildman–Crippen LogP) is 6.02. The Bertz CT molecular complexity index is 1470. The number of aryl methyl sites for hydroxylation is 2. The number of hydrogen-bond donors (Lipinski definition) is 0. The molecule has 2 fully saturated rings. The third-order valence-electron chi connectivity index (χ3n) is 8.83. The lowest BCUT2D eigenvalue weighted by atomic mass is 9.62. The highest BCUT2D eigenvalue weighted by Crippen LogP contribution is 2.74. The van der Waals surface area contributed by atoms with Gasteiger partial charge in [-0.15, -0.1) is 0 Å². The van der Waals surface area contributed by atoms with Crippen molar-refractivity contribution in [2.24, 2.45) is 22.7 Å². The first-order chi connectivity index (χ1) is 17.3. The average Bonchev–Trinajstić information content (AvgIpc) is 3.35. The van der Waals surface area contributed by atoms with Gasteiger partial charge in [-0.3, -0.25) is 14.4 Å². The van der Waals surface area contributed by atoms with E-state index in [0.717, 1.165) is 33.4 Å². The first-order valence-electron chi connectivity index (χ1n) is 12.6. The van der Waals surface area contributed by atoms with Crippen molar-refractivity contribution in [2.75, 3.05) is 4.90 Å². The monoisotopic (exact) mass is 475 g/mol. The molecule has 3 aliphatic rings. The van der Waals surface area contributed by atoms with Crippen molar-refractivity contribution in [3.05, 3.63) is 101 Å². The summed E-state index contributed by atoms with van der Waals surface area (Å²) in [7, 11) is 0. The zero-order valence-electron chi connectivity index (χ0n) is 21.0. The van der Waals surface area contributed by atoms with Crippen LogP contribution < -0.4 is 4.90 Å². The number of imide groups is 1. The number of anilines is 1. The van der Waals surface area contributed by atoms with Gasteiger partial charge >= 0.3 is 0 Å². The fraction of sp³-hybridized carbons (Fsp3) is 0.281. The molecule has 180 valence electrons. The van der Waals surface area contributed by atoms with Gasteiger partial charge in [0.05, 0.1) is 28.4 Å². The van der Waals surface area contributed by atoms with E-state index in [-0.39, 0.29) is 17.6 Å². The first kappa shape index (κ1) is 22.7. The van der Waals surface area contributed by atoms with Crippen molar-refractivity contribution < 1.29 is 14.4 Å². The molecule has 2 amide bonds. The number of carbonyl (C=O) groups excluding carboxylic acids is 3. The predicted molar refractivity (Wildman–Crippen MR) is 141 cm³/mol. The molecule has 0 spiro atoms. The number of amides is 2. The number of nitrogens with zero attached hydrogens (tertiary/aromatic N) is 1. The van der Waals surface area contributed by atoms with E-state index in [2.05, 4.69) is 0 Å². The van der Waals surface area contributed by atoms with E-state index in [1.807, 2.05) is 107 Å². The molecular formula is C32H29NO3. The molecule has 3 aromatic rings. The standard InChI is InChI=1S/C32H29NO3/c1-5-32-25(22-14-10-7-11-15-22)24(21-12-8-6-9-13-21)31(4,30(32)36)26-27(32)29(35)33(28(26)34)23-17-16-19(2)18-20(23)3/h6-18,26-27H,5H2,1-4H3/t26-,27+,31-,32+/m0/s1. The van der Waals surface area contributed by atoms with Crippen LogP contribution in [0.5, 0.6) is 0 Å². The minimum Gasteiger partial charge on any atom is -0.298 e. The topological polar surface area (TPSA) is 54.5 Å². The summed E-state index contributed by atoms with van der Waals surface area (Å²) in [5, 5.41) is 0. The molecule has 4 nitrogen and oxygen atoms in total. The molecule has 1 saturated carbocycles. The Hall–Kier alpha value is -3.79. The lowest BCUT2D eigenvalue weighted by Crippen LogP contribution is -2.41. The van der Waals surface area contributed by atoms with Gasteiger partial charge in [0.15, 0.2) is 5.78 Å². The number of fused-ring (bicyclic) bond motifs is 5. The summed E-state index contributed by atoms with van der Waals surface area (Å²) in [4.78, 5) is 44.3. The van der Waals surface area contributed by atoms with E-state index in [4.69, 9.17) is 0 Å². The van der Waals surface area contributed by atoms with Crippen LogP contribution >= 0.6 is 0 Å². The van der Waals surface area contributed by atoms with Crippen molar-refractivity contribution in [1.82, 2.24) is 0 Å². The van der Waals surface area contributed by atoms with Gasteiger partial charge in [0.1, 0.15) is 0 Å². The molecule has 1 aliphatic heterocycles. The summed E-state index contributed by atoms with van der Waals surface area (Å²) < 4.78 is 0. The molecule has 36 heavy (non-hydrogen) atoms. The highest BCUT2D eigenvalue weighted by molar-refractivity contribution is 6.34. The summed E-state index contributed by atoms with van der Waals surface area (Å²) >= 11 is 0. The second-order valence-corrected chi connectivity index (χ2v) is 10.6. The van der Waals surface area contributed by atoms with E-state index in [0.29, 0.717) is 12.1 Å². The van der Waals surface area contributed by atoms with Crippen LogP contribution in [0.15, 0.2) is 78.9 Å². The SMILES string of the molecule is CC[C@@]12C(=O)[C@@](C)(C(c3ccccc3)=C1c1ccccc1)[C@@H]1C(=O)N(c3ccc(C)cc3C)C(=O)[C@@H]12. The minimum absolute atomic E-state index is 0.00665. The van der Waals surface area contributed by atoms with E-state index in [1.54, 1.807) is 0 Å². The maximum atomic E-state index is 14.5. The maximum absolute atomic E-state index is 14.5. The number of carbonyl (C=O) groups is 3. The Morgan fingerprint density at radius 1 is 0.750 bits per heavy atom. The average molecular weight is 476 g/mol. The van der Waals surface area contributed by atoms with Crippen LogP contribution in [0.4, 0.5) is 5.69 Å². The molecule has 0 aromatic heterocycles. The van der Waals surface area contributed by atoms with Gasteiger partial charge in [-0.2, -0.15) is 0 Å². The molecule has 0 N–H and O–H groups in total. The van der Waals surface area contributed by atoms with Crippen molar-refractivity contribution in [1.29, 1.82) is 0 Å². The lowest BCUT2D eigenvalue weighted by molar-refractivity contribution is -0.134. The number of benzene rings is 3. The van der Waals surface area contributed by atoms with Gasteiger partial charge < -0.3 is 0 Å². The van der Waals surface area contributed by atoms with E-state index in [1.165, 1.54) is 4.90 Å². The van der Waals surface area contributed by atoms with Gasteiger partial charge in [0, 0.05) is 0 Å². The van der Waals surface area contributed by atoms with Gasteiger partial charge in [-0.1, -0.05) is 85.3 Å². The molecule has 0 unspecified atom stereocenters. The molecular weight excluding hydrogens is 446 g/mol. The normalized spacial score (nSPS) is 28.9.